The maximum absolute atomic E-state index is 12.5. The zero-order chi connectivity index (χ0) is 17.3. The molecule has 0 spiro atoms. The van der Waals surface area contributed by atoms with E-state index in [1.807, 2.05) is 6.07 Å². The van der Waals surface area contributed by atoms with E-state index < -0.39 is 6.36 Å². The molecule has 1 aliphatic rings. The van der Waals surface area contributed by atoms with Gasteiger partial charge in [-0.15, -0.1) is 25.6 Å². The van der Waals surface area contributed by atoms with Crippen LogP contribution in [0.15, 0.2) is 22.7 Å². The number of piperazine rings is 1. The van der Waals surface area contributed by atoms with Crippen molar-refractivity contribution in [3.8, 4) is 5.75 Å². The van der Waals surface area contributed by atoms with Crippen LogP contribution in [-0.4, -0.2) is 37.4 Å². The Balaban J connectivity index is 0.00000288. The third-order valence-corrected chi connectivity index (χ3v) is 4.24. The fourth-order valence-corrected chi connectivity index (χ4v) is 3.62. The van der Waals surface area contributed by atoms with Crippen LogP contribution in [0.1, 0.15) is 32.4 Å². The molecule has 2 rings (SSSR count). The summed E-state index contributed by atoms with van der Waals surface area (Å²) < 4.78 is 42.3. The largest absolute Gasteiger partial charge is 0.573 e. The van der Waals surface area contributed by atoms with Gasteiger partial charge in [0.2, 0.25) is 0 Å². The topological polar surface area (TPSA) is 24.5 Å². The molecule has 3 nitrogen and oxygen atoms in total. The van der Waals surface area contributed by atoms with Gasteiger partial charge in [0.1, 0.15) is 5.75 Å². The minimum absolute atomic E-state index is 0. The highest BCUT2D eigenvalue weighted by atomic mass is 79.9. The second kappa shape index (κ2) is 8.25. The Morgan fingerprint density at radius 2 is 1.71 bits per heavy atom. The first kappa shape index (κ1) is 21.5. The lowest BCUT2D eigenvalue weighted by atomic mass is 9.81. The fourth-order valence-electron chi connectivity index (χ4n) is 3.13. The van der Waals surface area contributed by atoms with Crippen molar-refractivity contribution in [2.24, 2.45) is 5.41 Å². The van der Waals surface area contributed by atoms with Gasteiger partial charge in [-0.05, 0) is 29.2 Å². The normalized spacial score (nSPS) is 18.0. The van der Waals surface area contributed by atoms with E-state index in [-0.39, 0.29) is 29.6 Å². The number of nitrogens with zero attached hydrogens (tertiary/aromatic N) is 1. The minimum atomic E-state index is -4.69. The summed E-state index contributed by atoms with van der Waals surface area (Å²) in [5.74, 6) is -0.189. The maximum Gasteiger partial charge on any atom is 0.573 e. The number of ether oxygens (including phenoxy) is 1. The number of rotatable bonds is 3. The van der Waals surface area contributed by atoms with Crippen LogP contribution in [0.5, 0.6) is 5.75 Å². The summed E-state index contributed by atoms with van der Waals surface area (Å²) in [6.45, 7) is 9.80. The van der Waals surface area contributed by atoms with Crippen LogP contribution in [0.2, 0.25) is 0 Å². The fraction of sp³-hybridized carbons (Fsp3) is 0.625. The number of hydrogen-bond acceptors (Lipinski definition) is 3. The highest BCUT2D eigenvalue weighted by molar-refractivity contribution is 9.10. The highest BCUT2D eigenvalue weighted by Gasteiger charge is 2.35. The smallest absolute Gasteiger partial charge is 0.406 e. The standard InChI is InChI=1S/C16H22BrF3N2O.ClH/c1-15(2,3)14(22-6-4-21-5-7-22)11-8-12(17)10-13(9-11)23-16(18,19)20;/h8-10,14,21H,4-7H2,1-3H3;1H/t14-;/m0./s1. The molecule has 24 heavy (non-hydrogen) atoms. The molecule has 1 atom stereocenters. The quantitative estimate of drug-likeness (QED) is 0.747. The number of nitrogens with one attached hydrogen (secondary N) is 1. The zero-order valence-electron chi connectivity index (χ0n) is 13.9. The Hall–Kier alpha value is -0.500. The number of benzene rings is 1. The highest BCUT2D eigenvalue weighted by Crippen LogP contribution is 2.41. The molecular weight excluding hydrogens is 409 g/mol. The molecule has 1 aliphatic heterocycles. The van der Waals surface area contributed by atoms with Gasteiger partial charge < -0.3 is 10.1 Å². The van der Waals surface area contributed by atoms with E-state index >= 15 is 0 Å². The minimum Gasteiger partial charge on any atom is -0.406 e. The molecule has 0 aliphatic carbocycles. The lowest BCUT2D eigenvalue weighted by Gasteiger charge is -2.42. The Morgan fingerprint density at radius 3 is 2.21 bits per heavy atom. The molecule has 1 aromatic rings. The SMILES string of the molecule is CC(C)(C)[C@H](c1cc(Br)cc(OC(F)(F)F)c1)N1CCNCC1.Cl. The molecule has 1 N–H and O–H groups in total. The summed E-state index contributed by atoms with van der Waals surface area (Å²) in [4.78, 5) is 2.32. The zero-order valence-corrected chi connectivity index (χ0v) is 16.3. The first-order valence-corrected chi connectivity index (χ1v) is 8.36. The molecule has 0 amide bonds. The summed E-state index contributed by atoms with van der Waals surface area (Å²) in [6.07, 6.45) is -4.69. The Bertz CT molecular complexity index is 543. The van der Waals surface area contributed by atoms with Crippen molar-refractivity contribution < 1.29 is 17.9 Å². The molecule has 0 bridgehead atoms. The molecule has 0 unspecified atom stereocenters. The molecule has 1 saturated heterocycles. The van der Waals surface area contributed by atoms with Crippen molar-refractivity contribution >= 4 is 28.3 Å². The van der Waals surface area contributed by atoms with E-state index in [0.29, 0.717) is 4.47 Å². The van der Waals surface area contributed by atoms with E-state index in [1.165, 1.54) is 12.1 Å². The first-order chi connectivity index (χ1) is 10.6. The second-order valence-electron chi connectivity index (χ2n) is 6.82. The third kappa shape index (κ3) is 6.10. The van der Waals surface area contributed by atoms with Gasteiger partial charge in [0.05, 0.1) is 0 Å². The summed E-state index contributed by atoms with van der Waals surface area (Å²) in [6, 6.07) is 4.73. The Labute approximate surface area is 155 Å². The van der Waals surface area contributed by atoms with Gasteiger partial charge >= 0.3 is 6.36 Å². The summed E-state index contributed by atoms with van der Waals surface area (Å²) in [7, 11) is 0. The molecule has 8 heteroatoms. The molecular formula is C16H23BrClF3N2O. The van der Waals surface area contributed by atoms with Crippen LogP contribution in [0.4, 0.5) is 13.2 Å². The van der Waals surface area contributed by atoms with E-state index in [1.54, 1.807) is 0 Å². The van der Waals surface area contributed by atoms with Crippen molar-refractivity contribution in [2.75, 3.05) is 26.2 Å². The maximum atomic E-state index is 12.5. The van der Waals surface area contributed by atoms with Crippen molar-refractivity contribution in [1.29, 1.82) is 0 Å². The van der Waals surface area contributed by atoms with Crippen LogP contribution >= 0.6 is 28.3 Å². The second-order valence-corrected chi connectivity index (χ2v) is 7.74. The summed E-state index contributed by atoms with van der Waals surface area (Å²) in [5, 5.41) is 3.30. The van der Waals surface area contributed by atoms with Crippen LogP contribution in [0, 0.1) is 5.41 Å². The number of alkyl halides is 3. The molecule has 1 aromatic carbocycles. The van der Waals surface area contributed by atoms with E-state index in [2.05, 4.69) is 51.7 Å². The summed E-state index contributed by atoms with van der Waals surface area (Å²) >= 11 is 3.30. The van der Waals surface area contributed by atoms with Crippen LogP contribution in [0.25, 0.3) is 0 Å². The Morgan fingerprint density at radius 1 is 1.12 bits per heavy atom. The van der Waals surface area contributed by atoms with Crippen LogP contribution in [0.3, 0.4) is 0 Å². The molecule has 0 radical (unpaired) electrons. The predicted octanol–water partition coefficient (Wildman–Crippen LogP) is 4.76. The van der Waals surface area contributed by atoms with Crippen LogP contribution < -0.4 is 10.1 Å². The van der Waals surface area contributed by atoms with Gasteiger partial charge in [0.15, 0.2) is 0 Å². The lowest BCUT2D eigenvalue weighted by Crippen LogP contribution is -2.48. The van der Waals surface area contributed by atoms with Gasteiger partial charge in [0.25, 0.3) is 0 Å². The third-order valence-electron chi connectivity index (χ3n) is 3.78. The predicted molar refractivity (Wildman–Crippen MR) is 94.7 cm³/mol. The molecule has 0 saturated carbocycles. The van der Waals surface area contributed by atoms with E-state index in [0.717, 1.165) is 31.7 Å². The van der Waals surface area contributed by atoms with E-state index in [4.69, 9.17) is 0 Å². The summed E-state index contributed by atoms with van der Waals surface area (Å²) in [5.41, 5.74) is 0.709. The molecule has 1 heterocycles. The van der Waals surface area contributed by atoms with Crippen LogP contribution in [-0.2, 0) is 0 Å². The number of halogens is 5. The lowest BCUT2D eigenvalue weighted by molar-refractivity contribution is -0.274. The number of hydrogen-bond donors (Lipinski definition) is 1. The monoisotopic (exact) mass is 430 g/mol. The average Bonchev–Trinajstić information content (AvgIpc) is 2.35. The van der Waals surface area contributed by atoms with Gasteiger partial charge in [-0.25, -0.2) is 0 Å². The molecule has 0 aromatic heterocycles. The van der Waals surface area contributed by atoms with Crippen molar-refractivity contribution in [3.63, 3.8) is 0 Å². The average molecular weight is 432 g/mol. The van der Waals surface area contributed by atoms with Crippen molar-refractivity contribution in [3.05, 3.63) is 28.2 Å². The van der Waals surface area contributed by atoms with Gasteiger partial charge in [-0.3, -0.25) is 4.90 Å². The molecule has 138 valence electrons. The molecule has 1 fully saturated rings. The van der Waals surface area contributed by atoms with Gasteiger partial charge in [-0.1, -0.05) is 36.7 Å². The first-order valence-electron chi connectivity index (χ1n) is 7.57. The Kier molecular flexibility index (Phi) is 7.41. The van der Waals surface area contributed by atoms with E-state index in [9.17, 15) is 13.2 Å². The van der Waals surface area contributed by atoms with Crippen molar-refractivity contribution in [2.45, 2.75) is 33.2 Å². The van der Waals surface area contributed by atoms with Gasteiger partial charge in [0, 0.05) is 36.7 Å². The van der Waals surface area contributed by atoms with Gasteiger partial charge in [-0.2, -0.15) is 0 Å². The van der Waals surface area contributed by atoms with Crippen molar-refractivity contribution in [1.82, 2.24) is 10.2 Å².